The molecular formula is C25H21N5O4S. The number of nitrogens with zero attached hydrogens (tertiary/aromatic N) is 3. The van der Waals surface area contributed by atoms with Gasteiger partial charge in [0.2, 0.25) is 5.56 Å². The number of aromatic nitrogens is 4. The van der Waals surface area contributed by atoms with Crippen LogP contribution in [0.1, 0.15) is 20.8 Å². The largest absolute Gasteiger partial charge is 0.444 e. The van der Waals surface area contributed by atoms with Crippen molar-refractivity contribution in [1.29, 1.82) is 0 Å². The zero-order chi connectivity index (χ0) is 24.7. The second-order valence-corrected chi connectivity index (χ2v) is 9.77. The highest BCUT2D eigenvalue weighted by Crippen LogP contribution is 2.26. The van der Waals surface area contributed by atoms with Crippen LogP contribution in [0.4, 0.5) is 10.5 Å². The molecule has 3 aromatic heterocycles. The van der Waals surface area contributed by atoms with Gasteiger partial charge in [-0.05, 0) is 62.7 Å². The van der Waals surface area contributed by atoms with Gasteiger partial charge in [-0.3, -0.25) is 14.9 Å². The van der Waals surface area contributed by atoms with Gasteiger partial charge in [0, 0.05) is 11.8 Å². The zero-order valence-electron chi connectivity index (χ0n) is 19.2. The maximum absolute atomic E-state index is 13.7. The topological polar surface area (TPSA) is 119 Å². The molecule has 0 radical (unpaired) electrons. The van der Waals surface area contributed by atoms with Crippen LogP contribution in [0, 0.1) is 0 Å². The zero-order valence-corrected chi connectivity index (χ0v) is 20.0. The molecule has 5 aromatic rings. The van der Waals surface area contributed by atoms with Crippen LogP contribution in [0.5, 0.6) is 0 Å². The maximum Gasteiger partial charge on any atom is 0.412 e. The summed E-state index contributed by atoms with van der Waals surface area (Å²) in [6.45, 7) is 5.34. The molecule has 176 valence electrons. The van der Waals surface area contributed by atoms with Crippen LogP contribution in [0.15, 0.2) is 69.7 Å². The second-order valence-electron chi connectivity index (χ2n) is 8.88. The van der Waals surface area contributed by atoms with Crippen LogP contribution in [-0.2, 0) is 4.74 Å². The number of aromatic amines is 1. The van der Waals surface area contributed by atoms with Gasteiger partial charge < -0.3 is 9.72 Å². The fraction of sp³-hybridized carbons (Fsp3) is 0.160. The molecule has 9 nitrogen and oxygen atoms in total. The van der Waals surface area contributed by atoms with Crippen molar-refractivity contribution in [3.63, 3.8) is 0 Å². The maximum atomic E-state index is 13.7. The molecular weight excluding hydrogens is 466 g/mol. The molecule has 0 aliphatic heterocycles. The fourth-order valence-corrected chi connectivity index (χ4v) is 4.38. The predicted molar refractivity (Wildman–Crippen MR) is 136 cm³/mol. The smallest absolute Gasteiger partial charge is 0.412 e. The number of hydrogen-bond donors (Lipinski definition) is 2. The molecule has 2 N–H and O–H groups in total. The van der Waals surface area contributed by atoms with E-state index in [0.717, 1.165) is 10.2 Å². The highest BCUT2D eigenvalue weighted by molar-refractivity contribution is 7.16. The Hall–Kier alpha value is -4.31. The summed E-state index contributed by atoms with van der Waals surface area (Å²) in [4.78, 5) is 44.9. The highest BCUT2D eigenvalue weighted by Gasteiger charge is 2.18. The summed E-state index contributed by atoms with van der Waals surface area (Å²) in [5.41, 5.74) is 3.97. The molecule has 0 aliphatic carbocycles. The van der Waals surface area contributed by atoms with Crippen molar-refractivity contribution in [2.75, 3.05) is 5.32 Å². The van der Waals surface area contributed by atoms with Gasteiger partial charge in [-0.1, -0.05) is 12.1 Å². The Morgan fingerprint density at radius 2 is 1.77 bits per heavy atom. The first-order chi connectivity index (χ1) is 16.7. The number of hydrogen-bond acceptors (Lipinski definition) is 7. The summed E-state index contributed by atoms with van der Waals surface area (Å²) in [5, 5.41) is 7.17. The summed E-state index contributed by atoms with van der Waals surface area (Å²) < 4.78 is 7.53. The number of ether oxygens (including phenoxy) is 1. The molecule has 3 heterocycles. The lowest BCUT2D eigenvalue weighted by atomic mass is 10.1. The molecule has 0 atom stereocenters. The molecule has 0 bridgehead atoms. The summed E-state index contributed by atoms with van der Waals surface area (Å²) >= 11 is 1.47. The van der Waals surface area contributed by atoms with E-state index in [1.165, 1.54) is 22.1 Å². The first-order valence-corrected chi connectivity index (χ1v) is 11.7. The Morgan fingerprint density at radius 3 is 2.51 bits per heavy atom. The average Bonchev–Trinajstić information content (AvgIpc) is 3.26. The number of anilines is 1. The Bertz CT molecular complexity index is 1690. The van der Waals surface area contributed by atoms with Gasteiger partial charge in [-0.15, -0.1) is 11.3 Å². The first-order valence-electron chi connectivity index (χ1n) is 10.8. The third-order valence-electron chi connectivity index (χ3n) is 5.14. The van der Waals surface area contributed by atoms with Gasteiger partial charge in [0.25, 0.3) is 5.56 Å². The van der Waals surface area contributed by atoms with Gasteiger partial charge in [-0.2, -0.15) is 9.78 Å². The number of pyridine rings is 1. The molecule has 0 spiro atoms. The summed E-state index contributed by atoms with van der Waals surface area (Å²) in [6.07, 6.45) is -0.579. The van der Waals surface area contributed by atoms with Crippen molar-refractivity contribution in [2.24, 2.45) is 0 Å². The Kier molecular flexibility index (Phi) is 5.45. The number of nitrogens with one attached hydrogen (secondary N) is 2. The van der Waals surface area contributed by atoms with E-state index in [9.17, 15) is 14.4 Å². The molecule has 2 aromatic carbocycles. The Balaban J connectivity index is 1.62. The molecule has 0 unspecified atom stereocenters. The monoisotopic (exact) mass is 487 g/mol. The number of carbonyl (C=O) groups is 1. The van der Waals surface area contributed by atoms with Crippen molar-refractivity contribution >= 4 is 44.4 Å². The van der Waals surface area contributed by atoms with E-state index in [0.29, 0.717) is 33.5 Å². The minimum absolute atomic E-state index is 0.293. The van der Waals surface area contributed by atoms with E-state index in [-0.39, 0.29) is 5.56 Å². The SMILES string of the molecule is CC(C)(C)OC(=O)Nc1ccc(-c2c(=O)n(-c3ccc4ncsc4c3)nc3ccc(=O)[nH]c23)cc1. The molecule has 35 heavy (non-hydrogen) atoms. The van der Waals surface area contributed by atoms with E-state index in [4.69, 9.17) is 4.74 Å². The van der Waals surface area contributed by atoms with Crippen LogP contribution in [-0.4, -0.2) is 31.4 Å². The molecule has 5 rings (SSSR count). The van der Waals surface area contributed by atoms with Crippen LogP contribution < -0.4 is 16.4 Å². The lowest BCUT2D eigenvalue weighted by molar-refractivity contribution is 0.0636. The number of benzene rings is 2. The fourth-order valence-electron chi connectivity index (χ4n) is 3.67. The van der Waals surface area contributed by atoms with E-state index in [2.05, 4.69) is 20.4 Å². The van der Waals surface area contributed by atoms with Gasteiger partial charge >= 0.3 is 6.09 Å². The van der Waals surface area contributed by atoms with Crippen molar-refractivity contribution in [3.8, 4) is 16.8 Å². The first kappa shape index (κ1) is 22.5. The second kappa shape index (κ2) is 8.48. The van der Waals surface area contributed by atoms with Crippen molar-refractivity contribution < 1.29 is 9.53 Å². The summed E-state index contributed by atoms with van der Waals surface area (Å²) in [6, 6.07) is 15.2. The average molecular weight is 488 g/mol. The normalized spacial score (nSPS) is 11.6. The molecule has 0 fully saturated rings. The lowest BCUT2D eigenvalue weighted by Gasteiger charge is -2.19. The van der Waals surface area contributed by atoms with Crippen molar-refractivity contribution in [2.45, 2.75) is 26.4 Å². The predicted octanol–water partition coefficient (Wildman–Crippen LogP) is 4.70. The van der Waals surface area contributed by atoms with Crippen LogP contribution in [0.2, 0.25) is 0 Å². The van der Waals surface area contributed by atoms with E-state index < -0.39 is 17.3 Å². The van der Waals surface area contributed by atoms with E-state index in [1.807, 2.05) is 12.1 Å². The van der Waals surface area contributed by atoms with Crippen LogP contribution in [0.3, 0.4) is 0 Å². The molecule has 0 aliphatic rings. The van der Waals surface area contributed by atoms with Gasteiger partial charge in [0.1, 0.15) is 11.1 Å². The summed E-state index contributed by atoms with van der Waals surface area (Å²) in [7, 11) is 0. The third kappa shape index (κ3) is 4.56. The van der Waals surface area contributed by atoms with Gasteiger partial charge in [0.05, 0.1) is 32.5 Å². The highest BCUT2D eigenvalue weighted by atomic mass is 32.1. The van der Waals surface area contributed by atoms with Crippen LogP contribution >= 0.6 is 11.3 Å². The standard InChI is InChI=1S/C25H21N5O4S/c1-25(2,3)34-24(33)27-15-6-4-14(5-7-15)21-22-18(10-11-20(31)28-22)29-30(23(21)32)16-8-9-17-19(12-16)35-13-26-17/h4-13H,1-3H3,(H,27,33)(H,28,31). The number of carbonyl (C=O) groups excluding carboxylic acids is 1. The van der Waals surface area contributed by atoms with Crippen LogP contribution in [0.25, 0.3) is 38.1 Å². The number of thiazole rings is 1. The summed E-state index contributed by atoms with van der Waals surface area (Å²) in [5.74, 6) is 0. The molecule has 1 amide bonds. The number of amides is 1. The quantitative estimate of drug-likeness (QED) is 0.381. The third-order valence-corrected chi connectivity index (χ3v) is 5.93. The van der Waals surface area contributed by atoms with Crippen molar-refractivity contribution in [1.82, 2.24) is 19.7 Å². The minimum atomic E-state index is -0.626. The molecule has 10 heteroatoms. The number of fused-ring (bicyclic) bond motifs is 2. The Morgan fingerprint density at radius 1 is 1.03 bits per heavy atom. The number of rotatable bonds is 3. The molecule has 0 saturated carbocycles. The Labute approximate surface area is 203 Å². The van der Waals surface area contributed by atoms with E-state index in [1.54, 1.807) is 62.7 Å². The molecule has 0 saturated heterocycles. The van der Waals surface area contributed by atoms with E-state index >= 15 is 0 Å². The number of H-pyrrole nitrogens is 1. The van der Waals surface area contributed by atoms with Crippen molar-refractivity contribution in [3.05, 3.63) is 80.8 Å². The lowest BCUT2D eigenvalue weighted by Crippen LogP contribution is -2.27. The van der Waals surface area contributed by atoms with Gasteiger partial charge in [0.15, 0.2) is 0 Å². The van der Waals surface area contributed by atoms with Gasteiger partial charge in [-0.25, -0.2) is 9.78 Å². The minimum Gasteiger partial charge on any atom is -0.444 e.